The molecule has 8 heteroatoms. The third kappa shape index (κ3) is 3.54. The second-order valence-corrected chi connectivity index (χ2v) is 6.73. The van der Waals surface area contributed by atoms with Crippen LogP contribution in [-0.2, 0) is 16.0 Å². The Bertz CT molecular complexity index is 788. The van der Waals surface area contributed by atoms with Gasteiger partial charge < -0.3 is 0 Å². The molecule has 1 heterocycles. The standard InChI is InChI=1S/C13H9ClF3NO2S/c1-21(19,20)10-4-2-3-8(5-10)11-6-9(13(15,16)17)7-18-12(11)14/h2-7H,1H3. The first-order valence-corrected chi connectivity index (χ1v) is 7.89. The minimum atomic E-state index is -4.55. The van der Waals surface area contributed by atoms with Gasteiger partial charge in [-0.2, -0.15) is 13.2 Å². The van der Waals surface area contributed by atoms with Crippen LogP contribution in [0.3, 0.4) is 0 Å². The number of aromatic nitrogens is 1. The SMILES string of the molecule is CS(=O)(=O)c1cccc(-c2cc(C(F)(F)F)cnc2Cl)c1. The summed E-state index contributed by atoms with van der Waals surface area (Å²) in [5.74, 6) is 0. The van der Waals surface area contributed by atoms with E-state index in [1.54, 1.807) is 0 Å². The van der Waals surface area contributed by atoms with Crippen molar-refractivity contribution in [2.75, 3.05) is 6.26 Å². The fourth-order valence-corrected chi connectivity index (χ4v) is 2.58. The molecular weight excluding hydrogens is 327 g/mol. The van der Waals surface area contributed by atoms with E-state index in [1.165, 1.54) is 24.3 Å². The molecule has 0 aliphatic carbocycles. The van der Waals surface area contributed by atoms with Crippen molar-refractivity contribution < 1.29 is 21.6 Å². The van der Waals surface area contributed by atoms with Crippen molar-refractivity contribution in [1.82, 2.24) is 4.98 Å². The zero-order valence-corrected chi connectivity index (χ0v) is 12.2. The van der Waals surface area contributed by atoms with Crippen LogP contribution in [0.4, 0.5) is 13.2 Å². The van der Waals surface area contributed by atoms with E-state index in [4.69, 9.17) is 11.6 Å². The van der Waals surface area contributed by atoms with E-state index in [0.717, 1.165) is 12.3 Å². The first-order chi connectivity index (χ1) is 9.59. The highest BCUT2D eigenvalue weighted by molar-refractivity contribution is 7.90. The van der Waals surface area contributed by atoms with Gasteiger partial charge in [0.15, 0.2) is 9.84 Å². The maximum absolute atomic E-state index is 12.7. The molecule has 2 aromatic rings. The number of hydrogen-bond acceptors (Lipinski definition) is 3. The fourth-order valence-electron chi connectivity index (χ4n) is 1.70. The minimum Gasteiger partial charge on any atom is -0.243 e. The van der Waals surface area contributed by atoms with Crippen molar-refractivity contribution in [2.24, 2.45) is 0 Å². The van der Waals surface area contributed by atoms with Gasteiger partial charge in [0.2, 0.25) is 0 Å². The summed E-state index contributed by atoms with van der Waals surface area (Å²) in [5.41, 5.74) is -0.676. The van der Waals surface area contributed by atoms with Crippen LogP contribution in [0.2, 0.25) is 5.15 Å². The zero-order valence-electron chi connectivity index (χ0n) is 10.6. The fraction of sp³-hybridized carbons (Fsp3) is 0.154. The van der Waals surface area contributed by atoms with Crippen LogP contribution < -0.4 is 0 Å². The van der Waals surface area contributed by atoms with Crippen molar-refractivity contribution in [3.63, 3.8) is 0 Å². The lowest BCUT2D eigenvalue weighted by Gasteiger charge is -2.10. The molecular formula is C13H9ClF3NO2S. The van der Waals surface area contributed by atoms with Gasteiger partial charge in [-0.15, -0.1) is 0 Å². The second-order valence-electron chi connectivity index (χ2n) is 4.36. The Kier molecular flexibility index (Phi) is 3.99. The van der Waals surface area contributed by atoms with E-state index in [9.17, 15) is 21.6 Å². The van der Waals surface area contributed by atoms with E-state index in [0.29, 0.717) is 6.20 Å². The number of halogens is 4. The molecule has 3 nitrogen and oxygen atoms in total. The van der Waals surface area contributed by atoms with Gasteiger partial charge in [0.25, 0.3) is 0 Å². The number of sulfone groups is 1. The van der Waals surface area contributed by atoms with Gasteiger partial charge >= 0.3 is 6.18 Å². The lowest BCUT2D eigenvalue weighted by molar-refractivity contribution is -0.137. The van der Waals surface area contributed by atoms with E-state index in [1.807, 2.05) is 0 Å². The molecule has 0 saturated carbocycles. The molecule has 0 radical (unpaired) electrons. The summed E-state index contributed by atoms with van der Waals surface area (Å²) in [4.78, 5) is 3.50. The van der Waals surface area contributed by atoms with E-state index >= 15 is 0 Å². The summed E-state index contributed by atoms with van der Waals surface area (Å²) in [6.45, 7) is 0. The summed E-state index contributed by atoms with van der Waals surface area (Å²) >= 11 is 5.82. The summed E-state index contributed by atoms with van der Waals surface area (Å²) in [7, 11) is -3.47. The molecule has 0 atom stereocenters. The van der Waals surface area contributed by atoms with Gasteiger partial charge in [-0.1, -0.05) is 23.7 Å². The predicted molar refractivity (Wildman–Crippen MR) is 72.8 cm³/mol. The molecule has 0 saturated heterocycles. The van der Waals surface area contributed by atoms with Crippen LogP contribution in [0.5, 0.6) is 0 Å². The van der Waals surface area contributed by atoms with E-state index in [2.05, 4.69) is 4.98 Å². The molecule has 0 bridgehead atoms. The van der Waals surface area contributed by atoms with Gasteiger partial charge in [-0.25, -0.2) is 13.4 Å². The predicted octanol–water partition coefficient (Wildman–Crippen LogP) is 3.82. The highest BCUT2D eigenvalue weighted by atomic mass is 35.5. The molecule has 0 fully saturated rings. The number of benzene rings is 1. The number of rotatable bonds is 2. The monoisotopic (exact) mass is 335 g/mol. The average Bonchev–Trinajstić information content (AvgIpc) is 2.37. The lowest BCUT2D eigenvalue weighted by Crippen LogP contribution is -2.06. The molecule has 0 amide bonds. The summed E-state index contributed by atoms with van der Waals surface area (Å²) in [6, 6.07) is 6.36. The van der Waals surface area contributed by atoms with E-state index < -0.39 is 21.6 Å². The Hall–Kier alpha value is -1.60. The normalized spacial score (nSPS) is 12.4. The third-order valence-electron chi connectivity index (χ3n) is 2.74. The number of alkyl halides is 3. The quantitative estimate of drug-likeness (QED) is 0.784. The summed E-state index contributed by atoms with van der Waals surface area (Å²) < 4.78 is 61.1. The first-order valence-electron chi connectivity index (χ1n) is 5.62. The Morgan fingerprint density at radius 3 is 2.43 bits per heavy atom. The molecule has 112 valence electrons. The van der Waals surface area contributed by atoms with Gasteiger partial charge in [-0.05, 0) is 23.8 Å². The molecule has 0 spiro atoms. The molecule has 0 aliphatic heterocycles. The van der Waals surface area contributed by atoms with Gasteiger partial charge in [0.1, 0.15) is 5.15 Å². The van der Waals surface area contributed by atoms with Crippen molar-refractivity contribution in [3.8, 4) is 11.1 Å². The Balaban J connectivity index is 2.62. The second kappa shape index (κ2) is 5.31. The van der Waals surface area contributed by atoms with Crippen LogP contribution in [0.25, 0.3) is 11.1 Å². The average molecular weight is 336 g/mol. The maximum Gasteiger partial charge on any atom is 0.417 e. The number of pyridine rings is 1. The maximum atomic E-state index is 12.7. The Labute approximate surface area is 124 Å². The van der Waals surface area contributed by atoms with Gasteiger partial charge in [0, 0.05) is 18.0 Å². The lowest BCUT2D eigenvalue weighted by atomic mass is 10.1. The molecule has 0 N–H and O–H groups in total. The summed E-state index contributed by atoms with van der Waals surface area (Å²) in [5, 5.41) is -0.131. The third-order valence-corrected chi connectivity index (χ3v) is 4.15. The van der Waals surface area contributed by atoms with Crippen LogP contribution in [-0.4, -0.2) is 19.7 Å². The van der Waals surface area contributed by atoms with E-state index in [-0.39, 0.29) is 21.2 Å². The first kappa shape index (κ1) is 15.8. The largest absolute Gasteiger partial charge is 0.417 e. The molecule has 0 unspecified atom stereocenters. The van der Waals surface area contributed by atoms with Gasteiger partial charge in [-0.3, -0.25) is 0 Å². The topological polar surface area (TPSA) is 47.0 Å². The molecule has 2 rings (SSSR count). The minimum absolute atomic E-state index is 0.00604. The van der Waals surface area contributed by atoms with Crippen molar-refractivity contribution in [1.29, 1.82) is 0 Å². The zero-order chi connectivity index (χ0) is 15.8. The van der Waals surface area contributed by atoms with Crippen molar-refractivity contribution in [2.45, 2.75) is 11.1 Å². The van der Waals surface area contributed by atoms with Crippen LogP contribution >= 0.6 is 11.6 Å². The molecule has 0 aliphatic rings. The molecule has 21 heavy (non-hydrogen) atoms. The number of hydrogen-bond donors (Lipinski definition) is 0. The van der Waals surface area contributed by atoms with Crippen molar-refractivity contribution >= 4 is 21.4 Å². The molecule has 1 aromatic carbocycles. The molecule has 1 aromatic heterocycles. The highest BCUT2D eigenvalue weighted by Crippen LogP contribution is 2.35. The van der Waals surface area contributed by atoms with Crippen molar-refractivity contribution in [3.05, 3.63) is 47.2 Å². The summed E-state index contributed by atoms with van der Waals surface area (Å²) in [6.07, 6.45) is -2.91. The van der Waals surface area contributed by atoms with Gasteiger partial charge in [0.05, 0.1) is 10.5 Å². The Morgan fingerprint density at radius 2 is 1.86 bits per heavy atom. The number of nitrogens with zero attached hydrogens (tertiary/aromatic N) is 1. The van der Waals surface area contributed by atoms with Crippen LogP contribution in [0.15, 0.2) is 41.4 Å². The smallest absolute Gasteiger partial charge is 0.243 e. The van der Waals surface area contributed by atoms with Crippen LogP contribution in [0, 0.1) is 0 Å². The van der Waals surface area contributed by atoms with Crippen LogP contribution in [0.1, 0.15) is 5.56 Å². The Morgan fingerprint density at radius 1 is 1.19 bits per heavy atom. The highest BCUT2D eigenvalue weighted by Gasteiger charge is 2.31.